The van der Waals surface area contributed by atoms with E-state index in [-0.39, 0.29) is 0 Å². The van der Waals surface area contributed by atoms with Gasteiger partial charge in [-0.3, -0.25) is 9.59 Å². The Morgan fingerprint density at radius 2 is 1.88 bits per heavy atom. The number of hydrogen-bond donors (Lipinski definition) is 1. The van der Waals surface area contributed by atoms with Crippen LogP contribution in [0.1, 0.15) is 15.9 Å². The molecule has 0 radical (unpaired) electrons. The van der Waals surface area contributed by atoms with Crippen LogP contribution in [0.2, 0.25) is 0 Å². The molecule has 2 aromatic rings. The summed E-state index contributed by atoms with van der Waals surface area (Å²) in [6.45, 7) is 0.480. The van der Waals surface area contributed by atoms with Gasteiger partial charge in [-0.1, -0.05) is 24.3 Å². The highest BCUT2D eigenvalue weighted by atomic mass is 16.5. The van der Waals surface area contributed by atoms with Gasteiger partial charge >= 0.3 is 17.8 Å². The predicted molar refractivity (Wildman–Crippen MR) is 88.9 cm³/mol. The second kappa shape index (κ2) is 6.54. The molecule has 1 heterocycles. The van der Waals surface area contributed by atoms with Gasteiger partial charge in [0.2, 0.25) is 0 Å². The zero-order valence-electron chi connectivity index (χ0n) is 13.1. The van der Waals surface area contributed by atoms with Gasteiger partial charge in [0, 0.05) is 17.9 Å². The maximum Gasteiger partial charge on any atom is 0.337 e. The summed E-state index contributed by atoms with van der Waals surface area (Å²) in [7, 11) is 1.28. The van der Waals surface area contributed by atoms with Gasteiger partial charge in [0.05, 0.1) is 12.7 Å². The fraction of sp³-hybridized carbons (Fsp3) is 0.167. The summed E-state index contributed by atoms with van der Waals surface area (Å²) in [5, 5.41) is 2.53. The van der Waals surface area contributed by atoms with E-state index in [1.165, 1.54) is 18.1 Å². The Labute approximate surface area is 139 Å². The Balaban J connectivity index is 1.74. The fourth-order valence-corrected chi connectivity index (χ4v) is 2.70. The molecule has 1 N–H and O–H groups in total. The van der Waals surface area contributed by atoms with E-state index >= 15 is 0 Å². The van der Waals surface area contributed by atoms with Crippen molar-refractivity contribution in [1.29, 1.82) is 0 Å². The Morgan fingerprint density at radius 3 is 2.67 bits per heavy atom. The summed E-state index contributed by atoms with van der Waals surface area (Å²) in [5.41, 5.74) is 2.48. The van der Waals surface area contributed by atoms with Gasteiger partial charge in [-0.15, -0.1) is 0 Å². The summed E-state index contributed by atoms with van der Waals surface area (Å²) in [5.74, 6) is -1.87. The lowest BCUT2D eigenvalue weighted by atomic mass is 10.2. The smallest absolute Gasteiger partial charge is 0.337 e. The van der Waals surface area contributed by atoms with Crippen molar-refractivity contribution in [2.24, 2.45) is 0 Å². The largest absolute Gasteiger partial charge is 0.465 e. The van der Waals surface area contributed by atoms with Crippen molar-refractivity contribution in [3.05, 3.63) is 59.7 Å². The number of hydrogen-bond acceptors (Lipinski definition) is 4. The minimum Gasteiger partial charge on any atom is -0.465 e. The Bertz CT molecular complexity index is 816. The lowest BCUT2D eigenvalue weighted by molar-refractivity contribution is -0.134. The topological polar surface area (TPSA) is 75.7 Å². The van der Waals surface area contributed by atoms with Crippen LogP contribution in [0.3, 0.4) is 0 Å². The van der Waals surface area contributed by atoms with Crippen molar-refractivity contribution in [3.8, 4) is 0 Å². The summed E-state index contributed by atoms with van der Waals surface area (Å²) in [4.78, 5) is 37.6. The Morgan fingerprint density at radius 1 is 1.08 bits per heavy atom. The van der Waals surface area contributed by atoms with Crippen molar-refractivity contribution >= 4 is 29.2 Å². The van der Waals surface area contributed by atoms with E-state index in [0.29, 0.717) is 17.8 Å². The number of carbonyl (C=O) groups excluding carboxylic acids is 3. The highest BCUT2D eigenvalue weighted by molar-refractivity contribution is 6.44. The minimum absolute atomic E-state index is 0.300. The monoisotopic (exact) mass is 324 g/mol. The molecule has 0 saturated heterocycles. The molecule has 6 heteroatoms. The third kappa shape index (κ3) is 2.99. The number of rotatable bonds is 2. The van der Waals surface area contributed by atoms with E-state index in [0.717, 1.165) is 17.7 Å². The predicted octanol–water partition coefficient (Wildman–Crippen LogP) is 2.00. The maximum absolute atomic E-state index is 12.4. The number of anilines is 2. The molecule has 0 spiro atoms. The van der Waals surface area contributed by atoms with E-state index < -0.39 is 17.8 Å². The SMILES string of the molecule is COC(=O)c1cccc(NC(=O)C(=O)N2CCc3ccccc32)c1. The van der Waals surface area contributed by atoms with E-state index in [9.17, 15) is 14.4 Å². The van der Waals surface area contributed by atoms with Crippen molar-refractivity contribution in [2.75, 3.05) is 23.9 Å². The molecule has 0 aromatic heterocycles. The Hall–Kier alpha value is -3.15. The summed E-state index contributed by atoms with van der Waals surface area (Å²) in [6.07, 6.45) is 0.729. The van der Waals surface area contributed by atoms with Crippen LogP contribution in [-0.2, 0) is 20.7 Å². The molecule has 1 aliphatic rings. The van der Waals surface area contributed by atoms with Crippen molar-refractivity contribution < 1.29 is 19.1 Å². The molecule has 0 atom stereocenters. The molecule has 0 unspecified atom stereocenters. The number of amides is 2. The first-order chi connectivity index (χ1) is 11.6. The number of carbonyl (C=O) groups is 3. The second-order valence-electron chi connectivity index (χ2n) is 5.36. The molecule has 0 saturated carbocycles. The number of ether oxygens (including phenoxy) is 1. The number of fused-ring (bicyclic) bond motifs is 1. The normalized spacial score (nSPS) is 12.5. The van der Waals surface area contributed by atoms with Crippen LogP contribution in [0, 0.1) is 0 Å². The molecule has 0 fully saturated rings. The number of nitrogens with zero attached hydrogens (tertiary/aromatic N) is 1. The summed E-state index contributed by atoms with van der Waals surface area (Å²) in [6, 6.07) is 13.8. The summed E-state index contributed by atoms with van der Waals surface area (Å²) >= 11 is 0. The molecule has 122 valence electrons. The van der Waals surface area contributed by atoms with Crippen LogP contribution in [0.15, 0.2) is 48.5 Å². The third-order valence-corrected chi connectivity index (χ3v) is 3.87. The molecular formula is C18H16N2O4. The quantitative estimate of drug-likeness (QED) is 0.677. The highest BCUT2D eigenvalue weighted by Gasteiger charge is 2.28. The van der Waals surface area contributed by atoms with Crippen LogP contribution in [-0.4, -0.2) is 31.4 Å². The molecular weight excluding hydrogens is 308 g/mol. The van der Waals surface area contributed by atoms with Gasteiger partial charge < -0.3 is 15.0 Å². The lowest BCUT2D eigenvalue weighted by Crippen LogP contribution is -2.38. The van der Waals surface area contributed by atoms with E-state index in [1.54, 1.807) is 18.2 Å². The molecule has 1 aliphatic heterocycles. The first-order valence-electron chi connectivity index (χ1n) is 7.49. The van der Waals surface area contributed by atoms with E-state index in [2.05, 4.69) is 10.1 Å². The van der Waals surface area contributed by atoms with Gasteiger partial charge in [-0.2, -0.15) is 0 Å². The molecule has 3 rings (SSSR count). The fourth-order valence-electron chi connectivity index (χ4n) is 2.70. The Kier molecular flexibility index (Phi) is 4.29. The number of benzene rings is 2. The highest BCUT2D eigenvalue weighted by Crippen LogP contribution is 2.27. The average Bonchev–Trinajstić information content (AvgIpc) is 3.04. The van der Waals surface area contributed by atoms with Gasteiger partial charge in [0.25, 0.3) is 0 Å². The van der Waals surface area contributed by atoms with Crippen molar-refractivity contribution in [2.45, 2.75) is 6.42 Å². The van der Waals surface area contributed by atoms with Crippen LogP contribution >= 0.6 is 0 Å². The number of para-hydroxylation sites is 1. The van der Waals surface area contributed by atoms with Crippen molar-refractivity contribution in [1.82, 2.24) is 0 Å². The standard InChI is InChI=1S/C18H16N2O4/c1-24-18(23)13-6-4-7-14(11-13)19-16(21)17(22)20-10-9-12-5-2-3-8-15(12)20/h2-8,11H,9-10H2,1H3,(H,19,21). The van der Waals surface area contributed by atoms with Gasteiger partial charge in [0.1, 0.15) is 0 Å². The van der Waals surface area contributed by atoms with Gasteiger partial charge in [-0.05, 0) is 36.2 Å². The molecule has 6 nitrogen and oxygen atoms in total. The number of esters is 1. The summed E-state index contributed by atoms with van der Waals surface area (Å²) < 4.78 is 4.64. The third-order valence-electron chi connectivity index (χ3n) is 3.87. The van der Waals surface area contributed by atoms with E-state index in [1.807, 2.05) is 24.3 Å². The van der Waals surface area contributed by atoms with Gasteiger partial charge in [0.15, 0.2) is 0 Å². The van der Waals surface area contributed by atoms with Crippen LogP contribution in [0.5, 0.6) is 0 Å². The second-order valence-corrected chi connectivity index (χ2v) is 5.36. The molecule has 24 heavy (non-hydrogen) atoms. The molecule has 2 aromatic carbocycles. The van der Waals surface area contributed by atoms with Gasteiger partial charge in [-0.25, -0.2) is 4.79 Å². The first kappa shape index (κ1) is 15.7. The van der Waals surface area contributed by atoms with Crippen molar-refractivity contribution in [3.63, 3.8) is 0 Å². The van der Waals surface area contributed by atoms with Crippen LogP contribution in [0.25, 0.3) is 0 Å². The zero-order chi connectivity index (χ0) is 17.1. The minimum atomic E-state index is -0.742. The van der Waals surface area contributed by atoms with Crippen LogP contribution in [0.4, 0.5) is 11.4 Å². The molecule has 0 bridgehead atoms. The van der Waals surface area contributed by atoms with Crippen LogP contribution < -0.4 is 10.2 Å². The molecule has 0 aliphatic carbocycles. The maximum atomic E-state index is 12.4. The van der Waals surface area contributed by atoms with E-state index in [4.69, 9.17) is 0 Å². The lowest BCUT2D eigenvalue weighted by Gasteiger charge is -2.16. The first-order valence-corrected chi connectivity index (χ1v) is 7.49. The average molecular weight is 324 g/mol. The number of methoxy groups -OCH3 is 1. The molecule has 2 amide bonds. The number of nitrogens with one attached hydrogen (secondary N) is 1. The zero-order valence-corrected chi connectivity index (χ0v) is 13.1.